The van der Waals surface area contributed by atoms with E-state index in [0.717, 1.165) is 5.56 Å². The summed E-state index contributed by atoms with van der Waals surface area (Å²) < 4.78 is 14.2. The van der Waals surface area contributed by atoms with E-state index in [1.54, 1.807) is 19.1 Å². The van der Waals surface area contributed by atoms with Crippen molar-refractivity contribution in [1.29, 1.82) is 0 Å². The Labute approximate surface area is 89.1 Å². The second kappa shape index (κ2) is 4.28. The first-order chi connectivity index (χ1) is 6.53. The van der Waals surface area contributed by atoms with Crippen LogP contribution in [-0.2, 0) is 5.67 Å². The molecule has 78 valence electrons. The smallest absolute Gasteiger partial charge is 0.149 e. The summed E-state index contributed by atoms with van der Waals surface area (Å²) in [5, 5.41) is 0.449. The van der Waals surface area contributed by atoms with Crippen LogP contribution in [0.3, 0.4) is 0 Å². The molecule has 0 spiro atoms. The Kier molecular flexibility index (Phi) is 3.51. The average molecular weight is 216 g/mol. The molecule has 0 aliphatic heterocycles. The van der Waals surface area contributed by atoms with Gasteiger partial charge in [0.05, 0.1) is 0 Å². The highest BCUT2D eigenvalue weighted by atomic mass is 35.5. The zero-order chi connectivity index (χ0) is 10.8. The molecule has 0 bridgehead atoms. The molecule has 0 saturated carbocycles. The van der Waals surface area contributed by atoms with Crippen LogP contribution < -0.4 is 5.73 Å². The van der Waals surface area contributed by atoms with E-state index in [-0.39, 0.29) is 6.54 Å². The molecule has 14 heavy (non-hydrogen) atoms. The van der Waals surface area contributed by atoms with Crippen LogP contribution in [0.1, 0.15) is 24.5 Å². The van der Waals surface area contributed by atoms with E-state index in [4.69, 9.17) is 17.3 Å². The fourth-order valence-corrected chi connectivity index (χ4v) is 1.71. The van der Waals surface area contributed by atoms with Crippen molar-refractivity contribution in [2.24, 2.45) is 5.73 Å². The molecule has 0 aromatic heterocycles. The van der Waals surface area contributed by atoms with Gasteiger partial charge in [0.25, 0.3) is 0 Å². The maximum Gasteiger partial charge on any atom is 0.149 e. The van der Waals surface area contributed by atoms with Crippen molar-refractivity contribution in [2.45, 2.75) is 25.9 Å². The molecule has 0 aliphatic carbocycles. The predicted molar refractivity (Wildman–Crippen MR) is 58.3 cm³/mol. The fraction of sp³-hybridized carbons (Fsp3) is 0.455. The fourth-order valence-electron chi connectivity index (χ4n) is 1.43. The lowest BCUT2D eigenvalue weighted by Gasteiger charge is -2.23. The number of benzene rings is 1. The van der Waals surface area contributed by atoms with Gasteiger partial charge in [-0.3, -0.25) is 0 Å². The monoisotopic (exact) mass is 215 g/mol. The van der Waals surface area contributed by atoms with E-state index < -0.39 is 5.67 Å². The van der Waals surface area contributed by atoms with E-state index in [1.165, 1.54) is 0 Å². The van der Waals surface area contributed by atoms with Gasteiger partial charge in [0, 0.05) is 17.1 Å². The summed E-state index contributed by atoms with van der Waals surface area (Å²) in [7, 11) is 0. The molecule has 2 N–H and O–H groups in total. The molecule has 1 aromatic carbocycles. The van der Waals surface area contributed by atoms with Crippen molar-refractivity contribution in [1.82, 2.24) is 0 Å². The van der Waals surface area contributed by atoms with Crippen LogP contribution in [0.25, 0.3) is 0 Å². The molecule has 0 aliphatic rings. The predicted octanol–water partition coefficient (Wildman–Crippen LogP) is 3.18. The molecular formula is C11H15ClFN. The third kappa shape index (κ3) is 2.07. The Balaban J connectivity index is 3.22. The maximum absolute atomic E-state index is 14.2. The number of hydrogen-bond donors (Lipinski definition) is 1. The lowest BCUT2D eigenvalue weighted by Crippen LogP contribution is -2.29. The largest absolute Gasteiger partial charge is 0.327 e. The van der Waals surface area contributed by atoms with Crippen LogP contribution in [0.15, 0.2) is 18.2 Å². The number of hydrogen-bond acceptors (Lipinski definition) is 1. The quantitative estimate of drug-likeness (QED) is 0.824. The summed E-state index contributed by atoms with van der Waals surface area (Å²) >= 11 is 5.94. The molecule has 1 nitrogen and oxygen atoms in total. The normalized spacial score (nSPS) is 15.2. The topological polar surface area (TPSA) is 26.0 Å². The highest BCUT2D eigenvalue weighted by Gasteiger charge is 2.30. The molecular weight excluding hydrogens is 201 g/mol. The average Bonchev–Trinajstić information content (AvgIpc) is 2.20. The van der Waals surface area contributed by atoms with Gasteiger partial charge in [-0.25, -0.2) is 4.39 Å². The first-order valence-electron chi connectivity index (χ1n) is 4.69. The van der Waals surface area contributed by atoms with Gasteiger partial charge in [0.1, 0.15) is 5.67 Å². The van der Waals surface area contributed by atoms with Crippen LogP contribution in [-0.4, -0.2) is 6.54 Å². The molecule has 1 unspecified atom stereocenters. The third-order valence-electron chi connectivity index (χ3n) is 2.49. The number of alkyl halides is 1. The van der Waals surface area contributed by atoms with Crippen molar-refractivity contribution < 1.29 is 4.39 Å². The minimum atomic E-state index is -1.50. The summed E-state index contributed by atoms with van der Waals surface area (Å²) in [6.07, 6.45) is 0.340. The van der Waals surface area contributed by atoms with Gasteiger partial charge >= 0.3 is 0 Å². The number of rotatable bonds is 3. The van der Waals surface area contributed by atoms with E-state index in [2.05, 4.69) is 0 Å². The molecule has 1 aromatic rings. The van der Waals surface area contributed by atoms with Crippen molar-refractivity contribution >= 4 is 11.6 Å². The zero-order valence-electron chi connectivity index (χ0n) is 8.48. The highest BCUT2D eigenvalue weighted by Crippen LogP contribution is 2.34. The molecule has 0 saturated heterocycles. The summed E-state index contributed by atoms with van der Waals surface area (Å²) in [6.45, 7) is 3.64. The van der Waals surface area contributed by atoms with Gasteiger partial charge < -0.3 is 5.73 Å². The summed E-state index contributed by atoms with van der Waals surface area (Å²) in [5.41, 5.74) is 5.44. The lowest BCUT2D eigenvalue weighted by atomic mass is 9.92. The van der Waals surface area contributed by atoms with Crippen molar-refractivity contribution in [3.8, 4) is 0 Å². The Morgan fingerprint density at radius 1 is 1.50 bits per heavy atom. The Morgan fingerprint density at radius 2 is 2.14 bits per heavy atom. The summed E-state index contributed by atoms with van der Waals surface area (Å²) in [6, 6.07) is 5.34. The van der Waals surface area contributed by atoms with Gasteiger partial charge in [-0.2, -0.15) is 0 Å². The summed E-state index contributed by atoms with van der Waals surface area (Å²) in [5.74, 6) is 0. The van der Waals surface area contributed by atoms with E-state index in [1.807, 2.05) is 13.0 Å². The van der Waals surface area contributed by atoms with Crippen LogP contribution >= 0.6 is 11.6 Å². The minimum Gasteiger partial charge on any atom is -0.327 e. The van der Waals surface area contributed by atoms with Gasteiger partial charge in [0.2, 0.25) is 0 Å². The number of aryl methyl sites for hydroxylation is 1. The summed E-state index contributed by atoms with van der Waals surface area (Å²) in [4.78, 5) is 0. The SMILES string of the molecule is CCC(F)(CN)c1cc(C)ccc1Cl. The van der Waals surface area contributed by atoms with Gasteiger partial charge in [-0.05, 0) is 19.4 Å². The van der Waals surface area contributed by atoms with Crippen molar-refractivity contribution in [3.63, 3.8) is 0 Å². The molecule has 0 fully saturated rings. The molecule has 0 heterocycles. The van der Waals surface area contributed by atoms with Crippen LogP contribution in [0, 0.1) is 6.92 Å². The Bertz CT molecular complexity index is 321. The first-order valence-corrected chi connectivity index (χ1v) is 5.07. The van der Waals surface area contributed by atoms with Crippen LogP contribution in [0.2, 0.25) is 5.02 Å². The second-order valence-corrected chi connectivity index (χ2v) is 3.91. The molecule has 0 amide bonds. The molecule has 1 atom stereocenters. The second-order valence-electron chi connectivity index (χ2n) is 3.51. The molecule has 1 rings (SSSR count). The van der Waals surface area contributed by atoms with Crippen LogP contribution in [0.5, 0.6) is 0 Å². The van der Waals surface area contributed by atoms with Crippen molar-refractivity contribution in [3.05, 3.63) is 34.3 Å². The third-order valence-corrected chi connectivity index (χ3v) is 2.82. The Morgan fingerprint density at radius 3 is 2.64 bits per heavy atom. The maximum atomic E-state index is 14.2. The standard InChI is InChI=1S/C11H15ClFN/c1-3-11(13,7-14)9-6-8(2)4-5-10(9)12/h4-6H,3,7,14H2,1-2H3. The lowest BCUT2D eigenvalue weighted by molar-refractivity contribution is 0.169. The molecule has 0 radical (unpaired) electrons. The zero-order valence-corrected chi connectivity index (χ0v) is 9.24. The van der Waals surface area contributed by atoms with E-state index in [9.17, 15) is 4.39 Å². The van der Waals surface area contributed by atoms with Crippen LogP contribution in [0.4, 0.5) is 4.39 Å². The minimum absolute atomic E-state index is 0.0350. The van der Waals surface area contributed by atoms with Gasteiger partial charge in [0.15, 0.2) is 0 Å². The number of halogens is 2. The van der Waals surface area contributed by atoms with Gasteiger partial charge in [-0.1, -0.05) is 36.2 Å². The molecule has 3 heteroatoms. The van der Waals surface area contributed by atoms with E-state index in [0.29, 0.717) is 17.0 Å². The first kappa shape index (κ1) is 11.5. The highest BCUT2D eigenvalue weighted by molar-refractivity contribution is 6.31. The number of nitrogens with two attached hydrogens (primary N) is 1. The van der Waals surface area contributed by atoms with E-state index >= 15 is 0 Å². The van der Waals surface area contributed by atoms with Crippen molar-refractivity contribution in [2.75, 3.05) is 6.54 Å². The Hall–Kier alpha value is -0.600. The van der Waals surface area contributed by atoms with Gasteiger partial charge in [-0.15, -0.1) is 0 Å².